The number of anilines is 1. The highest BCUT2D eigenvalue weighted by Gasteiger charge is 2.18. The van der Waals surface area contributed by atoms with E-state index < -0.39 is 0 Å². The standard InChI is InChI=1S/C22H15BrN2O3/c1-13-24-19-12-16(10-11-20(19)28-13)25-22(27)18-5-3-2-4-17(18)21(26)14-6-8-15(23)9-7-14/h2-12H,1H3,(H,25,27). The molecule has 138 valence electrons. The fourth-order valence-corrected chi connectivity index (χ4v) is 3.22. The van der Waals surface area contributed by atoms with E-state index in [1.54, 1.807) is 73.7 Å². The number of hydrogen-bond acceptors (Lipinski definition) is 4. The topological polar surface area (TPSA) is 72.2 Å². The lowest BCUT2D eigenvalue weighted by Gasteiger charge is -2.10. The second-order valence-corrected chi connectivity index (χ2v) is 7.17. The minimum atomic E-state index is -0.361. The number of aromatic nitrogens is 1. The lowest BCUT2D eigenvalue weighted by atomic mass is 9.98. The number of oxazole rings is 1. The summed E-state index contributed by atoms with van der Waals surface area (Å²) in [5.74, 6) is -0.00891. The number of halogens is 1. The first kappa shape index (κ1) is 18.1. The minimum absolute atomic E-state index is 0.208. The number of benzene rings is 3. The van der Waals surface area contributed by atoms with Gasteiger partial charge in [0.05, 0.1) is 5.56 Å². The molecule has 4 rings (SSSR count). The van der Waals surface area contributed by atoms with Gasteiger partial charge in [0.15, 0.2) is 17.3 Å². The lowest BCUT2D eigenvalue weighted by Crippen LogP contribution is -2.17. The smallest absolute Gasteiger partial charge is 0.256 e. The van der Waals surface area contributed by atoms with Crippen molar-refractivity contribution in [1.29, 1.82) is 0 Å². The average molecular weight is 435 g/mol. The van der Waals surface area contributed by atoms with E-state index in [0.717, 1.165) is 4.47 Å². The van der Waals surface area contributed by atoms with Crippen LogP contribution in [0, 0.1) is 6.92 Å². The van der Waals surface area contributed by atoms with E-state index in [9.17, 15) is 9.59 Å². The highest BCUT2D eigenvalue weighted by atomic mass is 79.9. The van der Waals surface area contributed by atoms with Gasteiger partial charge < -0.3 is 9.73 Å². The lowest BCUT2D eigenvalue weighted by molar-refractivity contribution is 0.0996. The molecular formula is C22H15BrN2O3. The Balaban J connectivity index is 1.63. The van der Waals surface area contributed by atoms with Gasteiger partial charge in [-0.05, 0) is 48.5 Å². The van der Waals surface area contributed by atoms with E-state index in [0.29, 0.717) is 39.4 Å². The Hall–Kier alpha value is -3.25. The second-order valence-electron chi connectivity index (χ2n) is 6.25. The number of rotatable bonds is 4. The van der Waals surface area contributed by atoms with Gasteiger partial charge in [-0.25, -0.2) is 4.98 Å². The number of nitrogens with zero attached hydrogens (tertiary/aromatic N) is 1. The average Bonchev–Trinajstić information content (AvgIpc) is 3.07. The number of amides is 1. The zero-order chi connectivity index (χ0) is 19.7. The third kappa shape index (κ3) is 3.59. The van der Waals surface area contributed by atoms with Gasteiger partial charge in [-0.1, -0.05) is 34.1 Å². The van der Waals surface area contributed by atoms with Crippen molar-refractivity contribution in [3.63, 3.8) is 0 Å². The SMILES string of the molecule is Cc1nc2cc(NC(=O)c3ccccc3C(=O)c3ccc(Br)cc3)ccc2o1. The molecule has 0 saturated carbocycles. The number of hydrogen-bond donors (Lipinski definition) is 1. The maximum absolute atomic E-state index is 12.9. The molecule has 6 heteroatoms. The van der Waals surface area contributed by atoms with Crippen molar-refractivity contribution < 1.29 is 14.0 Å². The second kappa shape index (κ2) is 7.40. The summed E-state index contributed by atoms with van der Waals surface area (Å²) < 4.78 is 6.33. The zero-order valence-electron chi connectivity index (χ0n) is 14.9. The number of carbonyl (C=O) groups excluding carboxylic acids is 2. The van der Waals surface area contributed by atoms with Gasteiger partial charge in [-0.2, -0.15) is 0 Å². The van der Waals surface area contributed by atoms with Crippen LogP contribution >= 0.6 is 15.9 Å². The Morgan fingerprint density at radius 3 is 2.43 bits per heavy atom. The monoisotopic (exact) mass is 434 g/mol. The summed E-state index contributed by atoms with van der Waals surface area (Å²) in [4.78, 5) is 30.0. The number of carbonyl (C=O) groups is 2. The summed E-state index contributed by atoms with van der Waals surface area (Å²) in [7, 11) is 0. The molecule has 0 aliphatic heterocycles. The zero-order valence-corrected chi connectivity index (χ0v) is 16.5. The number of nitrogens with one attached hydrogen (secondary N) is 1. The maximum atomic E-state index is 12.9. The molecule has 0 saturated heterocycles. The third-order valence-electron chi connectivity index (χ3n) is 4.28. The summed E-state index contributed by atoms with van der Waals surface area (Å²) in [6.45, 7) is 1.77. The summed E-state index contributed by atoms with van der Waals surface area (Å²) in [6, 6.07) is 19.0. The van der Waals surface area contributed by atoms with Crippen LogP contribution in [0.15, 0.2) is 75.6 Å². The van der Waals surface area contributed by atoms with Crippen LogP contribution in [0.5, 0.6) is 0 Å². The number of fused-ring (bicyclic) bond motifs is 1. The molecule has 4 aromatic rings. The van der Waals surface area contributed by atoms with Crippen LogP contribution < -0.4 is 5.32 Å². The Labute approximate surface area is 169 Å². The van der Waals surface area contributed by atoms with Gasteiger partial charge in [0, 0.05) is 28.2 Å². The molecule has 0 atom stereocenters. The molecule has 0 radical (unpaired) electrons. The van der Waals surface area contributed by atoms with Gasteiger partial charge in [0.1, 0.15) is 5.52 Å². The first-order valence-electron chi connectivity index (χ1n) is 8.59. The largest absolute Gasteiger partial charge is 0.441 e. The van der Waals surface area contributed by atoms with Gasteiger partial charge in [-0.3, -0.25) is 9.59 Å². The van der Waals surface area contributed by atoms with Crippen molar-refractivity contribution >= 4 is 44.4 Å². The fraction of sp³-hybridized carbons (Fsp3) is 0.0455. The van der Waals surface area contributed by atoms with Gasteiger partial charge in [-0.15, -0.1) is 0 Å². The van der Waals surface area contributed by atoms with Gasteiger partial charge in [0.25, 0.3) is 5.91 Å². The number of ketones is 1. The van der Waals surface area contributed by atoms with Crippen molar-refractivity contribution in [3.8, 4) is 0 Å². The molecular weight excluding hydrogens is 420 g/mol. The van der Waals surface area contributed by atoms with Crippen molar-refractivity contribution in [3.05, 3.63) is 93.8 Å². The van der Waals surface area contributed by atoms with Gasteiger partial charge in [0.2, 0.25) is 0 Å². The highest BCUT2D eigenvalue weighted by molar-refractivity contribution is 9.10. The third-order valence-corrected chi connectivity index (χ3v) is 4.80. The molecule has 0 aliphatic rings. The summed E-state index contributed by atoms with van der Waals surface area (Å²) in [5.41, 5.74) is 3.07. The van der Waals surface area contributed by atoms with Crippen LogP contribution in [-0.2, 0) is 0 Å². The summed E-state index contributed by atoms with van der Waals surface area (Å²) in [5, 5.41) is 2.84. The van der Waals surface area contributed by atoms with Crippen LogP contribution in [0.4, 0.5) is 5.69 Å². The molecule has 1 aromatic heterocycles. The van der Waals surface area contributed by atoms with E-state index >= 15 is 0 Å². The van der Waals surface area contributed by atoms with Crippen LogP contribution in [0.1, 0.15) is 32.2 Å². The van der Waals surface area contributed by atoms with E-state index in [1.165, 1.54) is 0 Å². The van der Waals surface area contributed by atoms with E-state index in [-0.39, 0.29) is 11.7 Å². The summed E-state index contributed by atoms with van der Waals surface area (Å²) >= 11 is 3.36. The maximum Gasteiger partial charge on any atom is 0.256 e. The molecule has 1 N–H and O–H groups in total. The molecule has 1 heterocycles. The Morgan fingerprint density at radius 2 is 1.68 bits per heavy atom. The molecule has 0 unspecified atom stereocenters. The quantitative estimate of drug-likeness (QED) is 0.437. The molecule has 3 aromatic carbocycles. The predicted molar refractivity (Wildman–Crippen MR) is 111 cm³/mol. The predicted octanol–water partition coefficient (Wildman–Crippen LogP) is 5.38. The Morgan fingerprint density at radius 1 is 0.964 bits per heavy atom. The van der Waals surface area contributed by atoms with Gasteiger partial charge >= 0.3 is 0 Å². The number of aryl methyl sites for hydroxylation is 1. The van der Waals surface area contributed by atoms with Crippen molar-refractivity contribution in [2.24, 2.45) is 0 Å². The van der Waals surface area contributed by atoms with Crippen LogP contribution in [0.3, 0.4) is 0 Å². The first-order valence-corrected chi connectivity index (χ1v) is 9.38. The highest BCUT2D eigenvalue weighted by Crippen LogP contribution is 2.22. The van der Waals surface area contributed by atoms with E-state index in [1.807, 2.05) is 0 Å². The Bertz CT molecular complexity index is 1200. The fourth-order valence-electron chi connectivity index (χ4n) is 2.95. The normalized spacial score (nSPS) is 10.8. The molecule has 0 aliphatic carbocycles. The van der Waals surface area contributed by atoms with Crippen LogP contribution in [0.25, 0.3) is 11.1 Å². The molecule has 0 spiro atoms. The summed E-state index contributed by atoms with van der Waals surface area (Å²) in [6.07, 6.45) is 0. The van der Waals surface area contributed by atoms with Crippen LogP contribution in [-0.4, -0.2) is 16.7 Å². The Kier molecular flexibility index (Phi) is 4.79. The minimum Gasteiger partial charge on any atom is -0.441 e. The molecule has 1 amide bonds. The van der Waals surface area contributed by atoms with Crippen molar-refractivity contribution in [1.82, 2.24) is 4.98 Å². The van der Waals surface area contributed by atoms with E-state index in [4.69, 9.17) is 4.42 Å². The van der Waals surface area contributed by atoms with Crippen molar-refractivity contribution in [2.45, 2.75) is 6.92 Å². The molecule has 28 heavy (non-hydrogen) atoms. The van der Waals surface area contributed by atoms with Crippen molar-refractivity contribution in [2.75, 3.05) is 5.32 Å². The first-order chi connectivity index (χ1) is 13.5. The van der Waals surface area contributed by atoms with E-state index in [2.05, 4.69) is 26.2 Å². The molecule has 0 fully saturated rings. The van der Waals surface area contributed by atoms with Crippen LogP contribution in [0.2, 0.25) is 0 Å². The molecule has 5 nitrogen and oxygen atoms in total. The molecule has 0 bridgehead atoms.